The van der Waals surface area contributed by atoms with Crippen LogP contribution in [0.25, 0.3) is 5.57 Å². The van der Waals surface area contributed by atoms with Gasteiger partial charge in [-0.15, -0.1) is 12.3 Å². The summed E-state index contributed by atoms with van der Waals surface area (Å²) in [6.45, 7) is 28.4. The molecule has 1 aromatic carbocycles. The molecule has 2 saturated heterocycles. The molecule has 2 fully saturated rings. The minimum atomic E-state index is -0.459. The quantitative estimate of drug-likeness (QED) is 0.174. The van der Waals surface area contributed by atoms with E-state index in [9.17, 15) is 4.79 Å². The van der Waals surface area contributed by atoms with Gasteiger partial charge in [0.15, 0.2) is 0 Å². The smallest absolute Gasteiger partial charge is 0.410 e. The summed E-state index contributed by atoms with van der Waals surface area (Å²) in [5.41, 5.74) is 4.90. The normalized spacial score (nSPS) is 16.9. The van der Waals surface area contributed by atoms with Gasteiger partial charge in [-0.25, -0.2) is 9.18 Å². The Morgan fingerprint density at radius 3 is 2.17 bits per heavy atom. The number of nitrogens with zero attached hydrogens (tertiary/aromatic N) is 3. The molecule has 0 saturated carbocycles. The second-order valence-electron chi connectivity index (χ2n) is 14.1. The topological polar surface area (TPSA) is 36.0 Å². The number of carbonyl (C=O) groups excluding carboxylic acids is 1. The molecule has 2 aliphatic rings. The lowest BCUT2D eigenvalue weighted by atomic mass is 9.85. The standard InChI is InChI=1S/C37H58FN3O2.C3H4.C2H6/c1-9-11-13-29(5)32(12-10-2)33(16-14-28(3)4)31-15-17-35(34(38)26-31)40-24-22-39(23-25-40)27-30-18-20-41(21-19-30)36(42)43-37(6,7)8;1-3-2;1-2/h12,14-17,26,29-30H,9-11,13,18-25,27H2,1-8H3;1H,2H3;1-2H3/b32-12+,33-16-;;. The molecule has 5 nitrogen and oxygen atoms in total. The number of likely N-dealkylation sites (tertiary alicyclic amines) is 1. The lowest BCUT2D eigenvalue weighted by Gasteiger charge is -2.39. The third kappa shape index (κ3) is 15.0. The Bertz CT molecular complexity index is 1220. The molecule has 1 atom stereocenters. The molecule has 0 spiro atoms. The Balaban J connectivity index is 0.00000218. The molecule has 0 aliphatic carbocycles. The van der Waals surface area contributed by atoms with E-state index in [0.29, 0.717) is 17.5 Å². The molecule has 270 valence electrons. The van der Waals surface area contributed by atoms with Crippen molar-refractivity contribution < 1.29 is 13.9 Å². The van der Waals surface area contributed by atoms with E-state index in [0.717, 1.165) is 82.6 Å². The number of halogens is 1. The van der Waals surface area contributed by atoms with E-state index < -0.39 is 5.60 Å². The summed E-state index contributed by atoms with van der Waals surface area (Å²) in [5, 5.41) is 0. The van der Waals surface area contributed by atoms with Crippen LogP contribution in [-0.4, -0.2) is 67.3 Å². The van der Waals surface area contributed by atoms with Crippen molar-refractivity contribution in [1.29, 1.82) is 0 Å². The fourth-order valence-corrected chi connectivity index (χ4v) is 6.16. The van der Waals surface area contributed by atoms with Gasteiger partial charge in [0.25, 0.3) is 0 Å². The van der Waals surface area contributed by atoms with Gasteiger partial charge in [0.05, 0.1) is 5.69 Å². The van der Waals surface area contributed by atoms with E-state index in [1.165, 1.54) is 24.0 Å². The van der Waals surface area contributed by atoms with E-state index in [1.54, 1.807) is 13.0 Å². The van der Waals surface area contributed by atoms with Gasteiger partial charge in [-0.1, -0.05) is 77.3 Å². The molecule has 1 unspecified atom stereocenters. The first kappa shape index (κ1) is 43.0. The van der Waals surface area contributed by atoms with E-state index in [2.05, 4.69) is 81.1 Å². The molecular formula is C42H68FN3O2. The van der Waals surface area contributed by atoms with Gasteiger partial charge in [-0.05, 0) is 108 Å². The third-order valence-electron chi connectivity index (χ3n) is 8.59. The van der Waals surface area contributed by atoms with Crippen LogP contribution < -0.4 is 4.90 Å². The predicted molar refractivity (Wildman–Crippen MR) is 206 cm³/mol. The molecule has 1 amide bonds. The van der Waals surface area contributed by atoms with Crippen LogP contribution >= 0.6 is 0 Å². The number of terminal acetylenes is 1. The van der Waals surface area contributed by atoms with Crippen molar-refractivity contribution in [2.24, 2.45) is 11.8 Å². The first-order valence-corrected chi connectivity index (χ1v) is 18.5. The van der Waals surface area contributed by atoms with Crippen LogP contribution in [0.5, 0.6) is 0 Å². The fourth-order valence-electron chi connectivity index (χ4n) is 6.16. The summed E-state index contributed by atoms with van der Waals surface area (Å²) >= 11 is 0. The maximum absolute atomic E-state index is 15.8. The Hall–Kier alpha value is -3.04. The number of hydrogen-bond donors (Lipinski definition) is 0. The highest BCUT2D eigenvalue weighted by molar-refractivity contribution is 5.81. The average Bonchev–Trinajstić information content (AvgIpc) is 3.04. The predicted octanol–water partition coefficient (Wildman–Crippen LogP) is 10.8. The monoisotopic (exact) mass is 666 g/mol. The number of unbranched alkanes of at least 4 members (excludes halogenated alkanes) is 1. The third-order valence-corrected chi connectivity index (χ3v) is 8.59. The lowest BCUT2D eigenvalue weighted by molar-refractivity contribution is 0.0169. The van der Waals surface area contributed by atoms with Gasteiger partial charge < -0.3 is 14.5 Å². The van der Waals surface area contributed by atoms with Gasteiger partial charge in [-0.3, -0.25) is 4.90 Å². The first-order chi connectivity index (χ1) is 22.8. The summed E-state index contributed by atoms with van der Waals surface area (Å²) in [4.78, 5) is 19.0. The van der Waals surface area contributed by atoms with Gasteiger partial charge in [-0.2, -0.15) is 0 Å². The van der Waals surface area contributed by atoms with E-state index in [-0.39, 0.29) is 11.9 Å². The Morgan fingerprint density at radius 1 is 1.06 bits per heavy atom. The van der Waals surface area contributed by atoms with E-state index in [4.69, 9.17) is 4.74 Å². The van der Waals surface area contributed by atoms with Crippen molar-refractivity contribution in [2.45, 2.75) is 120 Å². The number of piperidine rings is 1. The molecule has 2 heterocycles. The summed E-state index contributed by atoms with van der Waals surface area (Å²) < 4.78 is 21.3. The maximum atomic E-state index is 15.8. The minimum Gasteiger partial charge on any atom is -0.444 e. The summed E-state index contributed by atoms with van der Waals surface area (Å²) in [5.74, 6) is 3.12. The molecule has 48 heavy (non-hydrogen) atoms. The van der Waals surface area contributed by atoms with Gasteiger partial charge in [0.2, 0.25) is 0 Å². The highest BCUT2D eigenvalue weighted by Gasteiger charge is 2.29. The summed E-state index contributed by atoms with van der Waals surface area (Å²) in [6, 6.07) is 5.86. The van der Waals surface area contributed by atoms with Crippen molar-refractivity contribution in [2.75, 3.05) is 50.7 Å². The Kier molecular flexibility index (Phi) is 20.2. The van der Waals surface area contributed by atoms with Gasteiger partial charge in [0.1, 0.15) is 11.4 Å². The zero-order valence-corrected chi connectivity index (χ0v) is 32.4. The summed E-state index contributed by atoms with van der Waals surface area (Å²) in [6.07, 6.45) is 17.6. The molecule has 2 aliphatic heterocycles. The molecule has 3 rings (SSSR count). The lowest BCUT2D eigenvalue weighted by Crippen LogP contribution is -2.49. The molecule has 0 N–H and O–H groups in total. The number of carbonyl (C=O) groups is 1. The molecule has 0 aromatic heterocycles. The minimum absolute atomic E-state index is 0.138. The number of ether oxygens (including phenoxy) is 1. The van der Waals surface area contributed by atoms with E-state index >= 15 is 4.39 Å². The number of benzene rings is 1. The highest BCUT2D eigenvalue weighted by Crippen LogP contribution is 2.34. The van der Waals surface area contributed by atoms with Crippen LogP contribution in [0.2, 0.25) is 0 Å². The number of amides is 1. The molecule has 6 heteroatoms. The number of piperazine rings is 1. The molecular weight excluding hydrogens is 597 g/mol. The maximum Gasteiger partial charge on any atom is 0.410 e. The average molecular weight is 666 g/mol. The Labute approximate surface area is 294 Å². The van der Waals surface area contributed by atoms with Crippen LogP contribution in [0.15, 0.2) is 47.6 Å². The molecule has 0 bridgehead atoms. The van der Waals surface area contributed by atoms with Crippen molar-refractivity contribution in [3.05, 3.63) is 59.0 Å². The fraction of sp³-hybridized carbons (Fsp3) is 0.643. The SMILES string of the molecule is C#CC.CC.CC/C=C(/C(=C\C=C(C)C)c1ccc(N2CCN(CC3CCN(C(=O)OC(C)(C)C)CC3)CC2)c(F)c1)C(C)CCCC. The van der Waals surface area contributed by atoms with Crippen molar-refractivity contribution in [1.82, 2.24) is 9.80 Å². The van der Waals surface area contributed by atoms with E-state index in [1.807, 2.05) is 45.6 Å². The van der Waals surface area contributed by atoms with Crippen LogP contribution in [-0.2, 0) is 4.74 Å². The van der Waals surface area contributed by atoms with Crippen LogP contribution in [0.4, 0.5) is 14.9 Å². The number of rotatable bonds is 11. The summed E-state index contributed by atoms with van der Waals surface area (Å²) in [7, 11) is 0. The van der Waals surface area contributed by atoms with Gasteiger partial charge in [0, 0.05) is 45.8 Å². The second kappa shape index (κ2) is 22.6. The first-order valence-electron chi connectivity index (χ1n) is 18.5. The largest absolute Gasteiger partial charge is 0.444 e. The van der Waals surface area contributed by atoms with Crippen LogP contribution in [0.3, 0.4) is 0 Å². The van der Waals surface area contributed by atoms with Crippen LogP contribution in [0.1, 0.15) is 120 Å². The second-order valence-corrected chi connectivity index (χ2v) is 14.1. The Morgan fingerprint density at radius 2 is 1.67 bits per heavy atom. The van der Waals surface area contributed by atoms with Crippen molar-refractivity contribution in [3.63, 3.8) is 0 Å². The number of allylic oxidation sites excluding steroid dienone is 6. The molecule has 1 aromatic rings. The zero-order valence-electron chi connectivity index (χ0n) is 32.4. The van der Waals surface area contributed by atoms with Crippen LogP contribution in [0, 0.1) is 30.0 Å². The van der Waals surface area contributed by atoms with Gasteiger partial charge >= 0.3 is 6.09 Å². The van der Waals surface area contributed by atoms with Crippen molar-refractivity contribution >= 4 is 17.4 Å². The zero-order chi connectivity index (χ0) is 36.3. The molecule has 0 radical (unpaired) electrons. The highest BCUT2D eigenvalue weighted by atomic mass is 19.1. The van der Waals surface area contributed by atoms with Crippen molar-refractivity contribution in [3.8, 4) is 12.3 Å². The number of anilines is 1. The number of hydrogen-bond acceptors (Lipinski definition) is 4.